The molecule has 1 atom stereocenters. The number of carbonyl (C=O) groups excluding carboxylic acids is 2. The molecular formula is C23H29FN2O3. The molecule has 2 aromatic carbocycles. The molecule has 6 heteroatoms. The fourth-order valence-corrected chi connectivity index (χ4v) is 3.11. The number of benzene rings is 2. The van der Waals surface area contributed by atoms with Crippen molar-refractivity contribution < 1.29 is 18.7 Å². The summed E-state index contributed by atoms with van der Waals surface area (Å²) >= 11 is 0. The quantitative estimate of drug-likeness (QED) is 0.698. The average Bonchev–Trinajstić information content (AvgIpc) is 2.69. The van der Waals surface area contributed by atoms with Gasteiger partial charge in [-0.25, -0.2) is 4.39 Å². The van der Waals surface area contributed by atoms with Crippen LogP contribution in [0.5, 0.6) is 5.75 Å². The molecule has 29 heavy (non-hydrogen) atoms. The summed E-state index contributed by atoms with van der Waals surface area (Å²) in [4.78, 5) is 27.5. The zero-order chi connectivity index (χ0) is 21.4. The van der Waals surface area contributed by atoms with Crippen molar-refractivity contribution >= 4 is 11.8 Å². The SMILES string of the molecule is CC[C@@H](C(=O)NC(C)C)N(Cc1ccc(F)cc1)C(=O)Cc1ccc(OC)cc1. The molecule has 0 spiro atoms. The Morgan fingerprint density at radius 1 is 1.03 bits per heavy atom. The van der Waals surface area contributed by atoms with Crippen molar-refractivity contribution in [2.75, 3.05) is 7.11 Å². The van der Waals surface area contributed by atoms with Gasteiger partial charge in [-0.2, -0.15) is 0 Å². The van der Waals surface area contributed by atoms with Crippen LogP contribution in [0, 0.1) is 5.82 Å². The molecule has 0 unspecified atom stereocenters. The molecule has 0 fully saturated rings. The maximum atomic E-state index is 13.3. The Morgan fingerprint density at radius 2 is 1.62 bits per heavy atom. The Kier molecular flexibility index (Phi) is 8.19. The Hall–Kier alpha value is -2.89. The predicted molar refractivity (Wildman–Crippen MR) is 111 cm³/mol. The van der Waals surface area contributed by atoms with E-state index in [9.17, 15) is 14.0 Å². The topological polar surface area (TPSA) is 58.6 Å². The van der Waals surface area contributed by atoms with Gasteiger partial charge in [0.15, 0.2) is 0 Å². The van der Waals surface area contributed by atoms with Crippen LogP contribution >= 0.6 is 0 Å². The van der Waals surface area contributed by atoms with Crippen molar-refractivity contribution in [3.63, 3.8) is 0 Å². The number of hydrogen-bond acceptors (Lipinski definition) is 3. The van der Waals surface area contributed by atoms with Crippen LogP contribution in [-0.2, 0) is 22.6 Å². The fraction of sp³-hybridized carbons (Fsp3) is 0.391. The molecule has 1 N–H and O–H groups in total. The molecule has 0 radical (unpaired) electrons. The molecular weight excluding hydrogens is 371 g/mol. The number of nitrogens with zero attached hydrogens (tertiary/aromatic N) is 1. The third kappa shape index (κ3) is 6.59. The van der Waals surface area contributed by atoms with Crippen molar-refractivity contribution in [2.24, 2.45) is 0 Å². The molecule has 0 aromatic heterocycles. The van der Waals surface area contributed by atoms with Crippen LogP contribution in [0.25, 0.3) is 0 Å². The van der Waals surface area contributed by atoms with Crippen molar-refractivity contribution in [3.05, 3.63) is 65.5 Å². The van der Waals surface area contributed by atoms with E-state index in [-0.39, 0.29) is 36.6 Å². The van der Waals surface area contributed by atoms with Crippen LogP contribution in [-0.4, -0.2) is 35.9 Å². The summed E-state index contributed by atoms with van der Waals surface area (Å²) in [6.45, 7) is 5.88. The Morgan fingerprint density at radius 3 is 2.14 bits per heavy atom. The summed E-state index contributed by atoms with van der Waals surface area (Å²) in [6, 6.07) is 12.6. The highest BCUT2D eigenvalue weighted by Gasteiger charge is 2.29. The van der Waals surface area contributed by atoms with Crippen LogP contribution in [0.4, 0.5) is 4.39 Å². The lowest BCUT2D eigenvalue weighted by molar-refractivity contribution is -0.141. The third-order valence-electron chi connectivity index (χ3n) is 4.60. The Labute approximate surface area is 171 Å². The second-order valence-corrected chi connectivity index (χ2v) is 7.26. The van der Waals surface area contributed by atoms with Crippen molar-refractivity contribution in [1.82, 2.24) is 10.2 Å². The molecule has 0 aliphatic carbocycles. The lowest BCUT2D eigenvalue weighted by Crippen LogP contribution is -2.50. The first-order valence-corrected chi connectivity index (χ1v) is 9.81. The standard InChI is InChI=1S/C23H29FN2O3/c1-5-21(23(28)25-16(2)3)26(15-18-6-10-19(24)11-7-18)22(27)14-17-8-12-20(29-4)13-9-17/h6-13,16,21H,5,14-15H2,1-4H3,(H,25,28)/t21-/m0/s1. The van der Waals surface area contributed by atoms with Gasteiger partial charge in [0.05, 0.1) is 13.5 Å². The molecule has 2 rings (SSSR count). The van der Waals surface area contributed by atoms with Crippen molar-refractivity contribution in [3.8, 4) is 5.75 Å². The number of ether oxygens (including phenoxy) is 1. The molecule has 5 nitrogen and oxygen atoms in total. The minimum atomic E-state index is -0.604. The van der Waals surface area contributed by atoms with E-state index in [0.717, 1.165) is 11.1 Å². The minimum Gasteiger partial charge on any atom is -0.497 e. The number of carbonyl (C=O) groups is 2. The maximum Gasteiger partial charge on any atom is 0.243 e. The first kappa shape index (κ1) is 22.4. The van der Waals surface area contributed by atoms with Gasteiger partial charge in [0.25, 0.3) is 0 Å². The molecule has 2 aromatic rings. The van der Waals surface area contributed by atoms with E-state index in [1.807, 2.05) is 32.9 Å². The highest BCUT2D eigenvalue weighted by atomic mass is 19.1. The number of amides is 2. The van der Waals surface area contributed by atoms with E-state index >= 15 is 0 Å². The first-order chi connectivity index (χ1) is 13.8. The van der Waals surface area contributed by atoms with E-state index in [1.165, 1.54) is 12.1 Å². The number of halogens is 1. The summed E-state index contributed by atoms with van der Waals surface area (Å²) in [5.74, 6) is 0.0273. The van der Waals surface area contributed by atoms with Gasteiger partial charge >= 0.3 is 0 Å². The van der Waals surface area contributed by atoms with E-state index < -0.39 is 6.04 Å². The predicted octanol–water partition coefficient (Wildman–Crippen LogP) is 3.71. The van der Waals surface area contributed by atoms with Crippen molar-refractivity contribution in [2.45, 2.75) is 52.2 Å². The molecule has 0 bridgehead atoms. The van der Waals surface area contributed by atoms with Gasteiger partial charge in [-0.3, -0.25) is 9.59 Å². The summed E-state index contributed by atoms with van der Waals surface area (Å²) in [5, 5.41) is 2.89. The molecule has 0 heterocycles. The number of methoxy groups -OCH3 is 1. The van der Waals surface area contributed by atoms with E-state index in [0.29, 0.717) is 12.2 Å². The lowest BCUT2D eigenvalue weighted by Gasteiger charge is -2.31. The third-order valence-corrected chi connectivity index (χ3v) is 4.60. The van der Waals surface area contributed by atoms with E-state index in [1.54, 1.807) is 36.3 Å². The molecule has 0 aliphatic heterocycles. The molecule has 0 aliphatic rings. The van der Waals surface area contributed by atoms with Gasteiger partial charge in [-0.15, -0.1) is 0 Å². The van der Waals surface area contributed by atoms with Crippen LogP contribution in [0.15, 0.2) is 48.5 Å². The smallest absolute Gasteiger partial charge is 0.243 e. The Balaban J connectivity index is 2.26. The largest absolute Gasteiger partial charge is 0.497 e. The fourth-order valence-electron chi connectivity index (χ4n) is 3.11. The van der Waals surface area contributed by atoms with Gasteiger partial charge in [0.2, 0.25) is 11.8 Å². The maximum absolute atomic E-state index is 13.3. The van der Waals surface area contributed by atoms with Gasteiger partial charge in [0.1, 0.15) is 17.6 Å². The monoisotopic (exact) mass is 400 g/mol. The minimum absolute atomic E-state index is 0.0269. The van der Waals surface area contributed by atoms with E-state index in [2.05, 4.69) is 5.32 Å². The van der Waals surface area contributed by atoms with Gasteiger partial charge in [0, 0.05) is 12.6 Å². The average molecular weight is 400 g/mol. The normalized spacial score (nSPS) is 11.8. The number of nitrogens with one attached hydrogen (secondary N) is 1. The van der Waals surface area contributed by atoms with Crippen LogP contribution in [0.3, 0.4) is 0 Å². The summed E-state index contributed by atoms with van der Waals surface area (Å²) < 4.78 is 18.4. The van der Waals surface area contributed by atoms with Gasteiger partial charge in [-0.05, 0) is 55.7 Å². The first-order valence-electron chi connectivity index (χ1n) is 9.81. The summed E-state index contributed by atoms with van der Waals surface area (Å²) in [5.41, 5.74) is 1.60. The molecule has 2 amide bonds. The van der Waals surface area contributed by atoms with Crippen LogP contribution in [0.2, 0.25) is 0 Å². The van der Waals surface area contributed by atoms with Gasteiger partial charge in [-0.1, -0.05) is 31.2 Å². The van der Waals surface area contributed by atoms with Crippen LogP contribution in [0.1, 0.15) is 38.3 Å². The molecule has 0 saturated heterocycles. The highest BCUT2D eigenvalue weighted by Crippen LogP contribution is 2.17. The molecule has 0 saturated carbocycles. The number of rotatable bonds is 9. The van der Waals surface area contributed by atoms with Gasteiger partial charge < -0.3 is 15.0 Å². The van der Waals surface area contributed by atoms with E-state index in [4.69, 9.17) is 4.74 Å². The van der Waals surface area contributed by atoms with Crippen LogP contribution < -0.4 is 10.1 Å². The molecule has 156 valence electrons. The van der Waals surface area contributed by atoms with Crippen molar-refractivity contribution in [1.29, 1.82) is 0 Å². The second-order valence-electron chi connectivity index (χ2n) is 7.26. The summed E-state index contributed by atoms with van der Waals surface area (Å²) in [6.07, 6.45) is 0.644. The summed E-state index contributed by atoms with van der Waals surface area (Å²) in [7, 11) is 1.59. The zero-order valence-electron chi connectivity index (χ0n) is 17.4. The highest BCUT2D eigenvalue weighted by molar-refractivity contribution is 5.88. The number of hydrogen-bond donors (Lipinski definition) is 1. The zero-order valence-corrected chi connectivity index (χ0v) is 17.4. The Bertz CT molecular complexity index is 804. The lowest BCUT2D eigenvalue weighted by atomic mass is 10.1. The second kappa shape index (κ2) is 10.6.